The van der Waals surface area contributed by atoms with Gasteiger partial charge in [-0.2, -0.15) is 5.10 Å². The third-order valence-corrected chi connectivity index (χ3v) is 4.15. The Morgan fingerprint density at radius 3 is 2.74 bits per heavy atom. The molecule has 0 aliphatic rings. The van der Waals surface area contributed by atoms with Crippen molar-refractivity contribution in [3.8, 4) is 0 Å². The second-order valence-corrected chi connectivity index (χ2v) is 6.72. The summed E-state index contributed by atoms with van der Waals surface area (Å²) in [5, 5.41) is 10.9. The fourth-order valence-electron chi connectivity index (χ4n) is 2.46. The van der Waals surface area contributed by atoms with E-state index in [1.54, 1.807) is 17.9 Å². The summed E-state index contributed by atoms with van der Waals surface area (Å²) in [6.45, 7) is 4.68. The Bertz CT molecular complexity index is 681. The van der Waals surface area contributed by atoms with Crippen LogP contribution in [0, 0.1) is 0 Å². The van der Waals surface area contributed by atoms with Gasteiger partial charge in [0.15, 0.2) is 0 Å². The number of aromatic nitrogens is 2. The molecule has 0 saturated heterocycles. The topological polar surface area (TPSA) is 59.0 Å². The van der Waals surface area contributed by atoms with Gasteiger partial charge in [-0.15, -0.1) is 0 Å². The summed E-state index contributed by atoms with van der Waals surface area (Å²) in [6.07, 6.45) is 3.53. The molecule has 1 amide bonds. The van der Waals surface area contributed by atoms with Crippen molar-refractivity contribution in [1.29, 1.82) is 0 Å². The molecule has 0 radical (unpaired) electrons. The van der Waals surface area contributed by atoms with Crippen LogP contribution in [0.3, 0.4) is 0 Å². The highest BCUT2D eigenvalue weighted by Gasteiger charge is 2.25. The number of rotatable bonds is 6. The molecule has 0 bridgehead atoms. The van der Waals surface area contributed by atoms with E-state index in [0.717, 1.165) is 11.1 Å². The molecule has 6 heteroatoms. The van der Waals surface area contributed by atoms with E-state index in [1.165, 1.54) is 0 Å². The zero-order valence-corrected chi connectivity index (χ0v) is 14.7. The second kappa shape index (κ2) is 7.15. The number of aryl methyl sites for hydroxylation is 1. The number of likely N-dealkylation sites (N-methyl/N-ethyl adjacent to an activating group) is 1. The number of carbonyl (C=O) groups excluding carboxylic acids is 1. The quantitative estimate of drug-likeness (QED) is 0.853. The summed E-state index contributed by atoms with van der Waals surface area (Å²) >= 11 is 6.06. The number of halogens is 1. The highest BCUT2D eigenvalue weighted by Crippen LogP contribution is 2.25. The van der Waals surface area contributed by atoms with Gasteiger partial charge in [-0.25, -0.2) is 0 Å². The van der Waals surface area contributed by atoms with Gasteiger partial charge >= 0.3 is 0 Å². The molecule has 1 aromatic heterocycles. The van der Waals surface area contributed by atoms with Gasteiger partial charge in [0.1, 0.15) is 6.04 Å². The van der Waals surface area contributed by atoms with Gasteiger partial charge in [0.05, 0.1) is 6.20 Å². The van der Waals surface area contributed by atoms with Crippen LogP contribution in [0.25, 0.3) is 0 Å². The molecule has 1 unspecified atom stereocenters. The first-order valence-electron chi connectivity index (χ1n) is 7.53. The molecule has 124 valence electrons. The van der Waals surface area contributed by atoms with E-state index in [0.29, 0.717) is 11.6 Å². The molecule has 0 saturated carbocycles. The lowest BCUT2D eigenvalue weighted by Crippen LogP contribution is -2.42. The lowest BCUT2D eigenvalue weighted by Gasteiger charge is -2.27. The molecule has 2 aromatic rings. The largest absolute Gasteiger partial charge is 0.354 e. The van der Waals surface area contributed by atoms with Gasteiger partial charge in [0.25, 0.3) is 0 Å². The summed E-state index contributed by atoms with van der Waals surface area (Å²) in [5.74, 6) is -0.0735. The Kier molecular flexibility index (Phi) is 5.44. The van der Waals surface area contributed by atoms with Crippen LogP contribution in [0.5, 0.6) is 0 Å². The third kappa shape index (κ3) is 4.33. The summed E-state index contributed by atoms with van der Waals surface area (Å²) in [4.78, 5) is 12.5. The molecule has 0 aliphatic heterocycles. The molecule has 0 spiro atoms. The summed E-state index contributed by atoms with van der Waals surface area (Å²) in [7, 11) is 3.59. The lowest BCUT2D eigenvalue weighted by molar-refractivity contribution is -0.123. The highest BCUT2D eigenvalue weighted by molar-refractivity contribution is 6.30. The number of hydrogen-bond acceptors (Lipinski definition) is 3. The number of amides is 1. The number of hydrogen-bond donors (Lipinski definition) is 2. The van der Waals surface area contributed by atoms with Crippen LogP contribution < -0.4 is 10.6 Å². The van der Waals surface area contributed by atoms with Crippen LogP contribution >= 0.6 is 11.6 Å². The third-order valence-electron chi connectivity index (χ3n) is 3.92. The van der Waals surface area contributed by atoms with Gasteiger partial charge in [0.2, 0.25) is 5.91 Å². The maximum absolute atomic E-state index is 12.5. The van der Waals surface area contributed by atoms with Crippen molar-refractivity contribution in [2.24, 2.45) is 7.05 Å². The summed E-state index contributed by atoms with van der Waals surface area (Å²) < 4.78 is 1.68. The Labute approximate surface area is 142 Å². The molecule has 23 heavy (non-hydrogen) atoms. The van der Waals surface area contributed by atoms with Crippen LogP contribution in [0.4, 0.5) is 0 Å². The molecule has 5 nitrogen and oxygen atoms in total. The Balaban J connectivity index is 2.05. The highest BCUT2D eigenvalue weighted by atomic mass is 35.5. The van der Waals surface area contributed by atoms with Gasteiger partial charge in [-0.05, 0) is 24.7 Å². The number of benzene rings is 1. The van der Waals surface area contributed by atoms with E-state index < -0.39 is 6.04 Å². The van der Waals surface area contributed by atoms with Crippen molar-refractivity contribution in [3.05, 3.63) is 52.8 Å². The Morgan fingerprint density at radius 2 is 2.17 bits per heavy atom. The fourth-order valence-corrected chi connectivity index (χ4v) is 2.65. The van der Waals surface area contributed by atoms with E-state index in [1.807, 2.05) is 37.5 Å². The van der Waals surface area contributed by atoms with E-state index in [2.05, 4.69) is 29.6 Å². The summed E-state index contributed by atoms with van der Waals surface area (Å²) in [6, 6.07) is 7.31. The van der Waals surface area contributed by atoms with Crippen molar-refractivity contribution in [2.75, 3.05) is 13.6 Å². The predicted molar refractivity (Wildman–Crippen MR) is 92.5 cm³/mol. The monoisotopic (exact) mass is 334 g/mol. The molecule has 1 heterocycles. The van der Waals surface area contributed by atoms with Crippen molar-refractivity contribution in [2.45, 2.75) is 25.3 Å². The summed E-state index contributed by atoms with van der Waals surface area (Å²) in [5.41, 5.74) is 1.72. The molecule has 2 N–H and O–H groups in total. The molecule has 0 fully saturated rings. The van der Waals surface area contributed by atoms with E-state index in [-0.39, 0.29) is 11.3 Å². The van der Waals surface area contributed by atoms with Gasteiger partial charge in [0, 0.05) is 35.8 Å². The van der Waals surface area contributed by atoms with Gasteiger partial charge in [-0.3, -0.25) is 9.48 Å². The first-order valence-corrected chi connectivity index (χ1v) is 7.91. The molecule has 1 atom stereocenters. The van der Waals surface area contributed by atoms with E-state index >= 15 is 0 Å². The predicted octanol–water partition coefficient (Wildman–Crippen LogP) is 2.43. The first-order chi connectivity index (χ1) is 10.8. The minimum absolute atomic E-state index is 0.0735. The first kappa shape index (κ1) is 17.5. The van der Waals surface area contributed by atoms with E-state index in [4.69, 9.17) is 11.6 Å². The number of nitrogens with one attached hydrogen (secondary N) is 2. The number of carbonyl (C=O) groups is 1. The van der Waals surface area contributed by atoms with Crippen molar-refractivity contribution < 1.29 is 4.79 Å². The Morgan fingerprint density at radius 1 is 1.43 bits per heavy atom. The number of nitrogens with zero attached hydrogens (tertiary/aromatic N) is 2. The lowest BCUT2D eigenvalue weighted by atomic mass is 9.84. The maximum atomic E-state index is 12.5. The SMILES string of the molecule is CNC(C(=O)NCC(C)(C)c1cccc(Cl)c1)c1cnn(C)c1. The average molecular weight is 335 g/mol. The molecular weight excluding hydrogens is 312 g/mol. The van der Waals surface area contributed by atoms with Crippen LogP contribution in [0.2, 0.25) is 5.02 Å². The minimum Gasteiger partial charge on any atom is -0.354 e. The average Bonchev–Trinajstić information content (AvgIpc) is 2.92. The van der Waals surface area contributed by atoms with Crippen LogP contribution in [-0.2, 0) is 17.3 Å². The zero-order chi connectivity index (χ0) is 17.0. The van der Waals surface area contributed by atoms with E-state index in [9.17, 15) is 4.79 Å². The molecule has 1 aromatic carbocycles. The van der Waals surface area contributed by atoms with Crippen LogP contribution in [0.15, 0.2) is 36.7 Å². The minimum atomic E-state index is -0.418. The molecule has 2 rings (SSSR count). The molecule has 0 aliphatic carbocycles. The maximum Gasteiger partial charge on any atom is 0.241 e. The second-order valence-electron chi connectivity index (χ2n) is 6.28. The van der Waals surface area contributed by atoms with Gasteiger partial charge < -0.3 is 10.6 Å². The van der Waals surface area contributed by atoms with Gasteiger partial charge in [-0.1, -0.05) is 37.6 Å². The van der Waals surface area contributed by atoms with Crippen LogP contribution in [-0.4, -0.2) is 29.3 Å². The van der Waals surface area contributed by atoms with Crippen molar-refractivity contribution >= 4 is 17.5 Å². The van der Waals surface area contributed by atoms with Crippen LogP contribution in [0.1, 0.15) is 31.0 Å². The fraction of sp³-hybridized carbons (Fsp3) is 0.412. The van der Waals surface area contributed by atoms with Crippen molar-refractivity contribution in [3.63, 3.8) is 0 Å². The zero-order valence-electron chi connectivity index (χ0n) is 13.9. The Hall–Kier alpha value is -1.85. The normalized spacial score (nSPS) is 12.9. The standard InChI is InChI=1S/C17H23ClN4O/c1-17(2,13-6-5-7-14(18)8-13)11-20-16(23)15(19-3)12-9-21-22(4)10-12/h5-10,15,19H,11H2,1-4H3,(H,20,23). The molecular formula is C17H23ClN4O. The smallest absolute Gasteiger partial charge is 0.241 e. The van der Waals surface area contributed by atoms with Crippen molar-refractivity contribution in [1.82, 2.24) is 20.4 Å².